The first kappa shape index (κ1) is 13.3. The first-order valence-electron chi connectivity index (χ1n) is 6.63. The minimum absolute atomic E-state index is 0.0856. The van der Waals surface area contributed by atoms with Gasteiger partial charge in [-0.1, -0.05) is 18.6 Å². The Balaban J connectivity index is 2.04. The quantitative estimate of drug-likeness (QED) is 0.848. The predicted octanol–water partition coefficient (Wildman–Crippen LogP) is 2.29. The lowest BCUT2D eigenvalue weighted by atomic mass is 10.1. The number of hydrogen-bond donors (Lipinski definition) is 0. The standard InChI is InChI=1S/C14H13N5O2/c1-3-6-21-10-5-4-8(2)7-9(10)12-15-13-11(14(20)16-12)17-19-18-13/h4-5,7H,3,6H2,1-2H3. The van der Waals surface area contributed by atoms with Crippen LogP contribution in [0.2, 0.25) is 0 Å². The van der Waals surface area contributed by atoms with Crippen LogP contribution in [0.3, 0.4) is 0 Å². The van der Waals surface area contributed by atoms with E-state index in [9.17, 15) is 4.79 Å². The van der Waals surface area contributed by atoms with Crippen LogP contribution in [-0.4, -0.2) is 29.9 Å². The molecule has 7 nitrogen and oxygen atoms in total. The zero-order valence-electron chi connectivity index (χ0n) is 11.7. The average molecular weight is 283 g/mol. The molecule has 0 fully saturated rings. The first-order chi connectivity index (χ1) is 10.2. The van der Waals surface area contributed by atoms with Gasteiger partial charge in [0, 0.05) is 0 Å². The molecule has 0 aliphatic carbocycles. The Kier molecular flexibility index (Phi) is 3.39. The van der Waals surface area contributed by atoms with Gasteiger partial charge in [0.25, 0.3) is 0 Å². The molecule has 0 saturated heterocycles. The number of rotatable bonds is 4. The van der Waals surface area contributed by atoms with Crippen molar-refractivity contribution in [2.45, 2.75) is 20.3 Å². The van der Waals surface area contributed by atoms with Crippen LogP contribution in [0.4, 0.5) is 0 Å². The molecule has 1 amide bonds. The lowest BCUT2D eigenvalue weighted by Gasteiger charge is -2.13. The zero-order valence-corrected chi connectivity index (χ0v) is 11.7. The highest BCUT2D eigenvalue weighted by Gasteiger charge is 2.29. The lowest BCUT2D eigenvalue weighted by molar-refractivity contribution is -0.111. The number of fused-ring (bicyclic) bond motifs is 1. The SMILES string of the molecule is CCCOc1ccc(C)cc1C1=NC(=O)C2=NN=NC2=N1. The summed E-state index contributed by atoms with van der Waals surface area (Å²) in [6.45, 7) is 4.56. The van der Waals surface area contributed by atoms with Crippen LogP contribution < -0.4 is 4.74 Å². The van der Waals surface area contributed by atoms with Crippen LogP contribution in [0, 0.1) is 6.92 Å². The first-order valence-corrected chi connectivity index (χ1v) is 6.63. The Hall–Kier alpha value is -2.70. The molecule has 0 N–H and O–H groups in total. The second-order valence-corrected chi connectivity index (χ2v) is 4.66. The van der Waals surface area contributed by atoms with Crippen LogP contribution in [0.25, 0.3) is 0 Å². The summed E-state index contributed by atoms with van der Waals surface area (Å²) in [5.41, 5.74) is 1.78. The number of amides is 1. The second-order valence-electron chi connectivity index (χ2n) is 4.66. The normalized spacial score (nSPS) is 16.3. The number of amidine groups is 2. The average Bonchev–Trinajstić information content (AvgIpc) is 2.95. The fourth-order valence-electron chi connectivity index (χ4n) is 1.97. The van der Waals surface area contributed by atoms with Crippen molar-refractivity contribution in [3.8, 4) is 5.75 Å². The van der Waals surface area contributed by atoms with Gasteiger partial charge in [-0.25, -0.2) is 4.99 Å². The molecule has 0 spiro atoms. The summed E-state index contributed by atoms with van der Waals surface area (Å²) in [4.78, 5) is 20.1. The van der Waals surface area contributed by atoms with E-state index in [4.69, 9.17) is 4.74 Å². The minimum Gasteiger partial charge on any atom is -0.493 e. The molecule has 2 aliphatic heterocycles. The molecule has 106 valence electrons. The number of hydrogen-bond acceptors (Lipinski definition) is 6. The third-order valence-corrected chi connectivity index (χ3v) is 2.96. The molecule has 1 aromatic rings. The fraction of sp³-hybridized carbons (Fsp3) is 0.286. The van der Waals surface area contributed by atoms with E-state index in [1.165, 1.54) is 0 Å². The molecule has 2 heterocycles. The molecule has 0 radical (unpaired) electrons. The van der Waals surface area contributed by atoms with Gasteiger partial charge >= 0.3 is 5.91 Å². The number of benzene rings is 1. The summed E-state index contributed by atoms with van der Waals surface area (Å²) < 4.78 is 5.70. The summed E-state index contributed by atoms with van der Waals surface area (Å²) in [6.07, 6.45) is 0.887. The summed E-state index contributed by atoms with van der Waals surface area (Å²) in [7, 11) is 0. The van der Waals surface area contributed by atoms with Crippen molar-refractivity contribution in [3.05, 3.63) is 29.3 Å². The van der Waals surface area contributed by atoms with Crippen LogP contribution >= 0.6 is 0 Å². The summed E-state index contributed by atoms with van der Waals surface area (Å²) in [6, 6.07) is 5.68. The fourth-order valence-corrected chi connectivity index (χ4v) is 1.97. The van der Waals surface area contributed by atoms with Crippen LogP contribution in [0.1, 0.15) is 24.5 Å². The van der Waals surface area contributed by atoms with E-state index in [0.717, 1.165) is 12.0 Å². The number of aliphatic imine (C=N–C) groups is 2. The van der Waals surface area contributed by atoms with E-state index < -0.39 is 5.91 Å². The van der Waals surface area contributed by atoms with Gasteiger partial charge in [-0.2, -0.15) is 4.99 Å². The molecule has 1 aromatic carbocycles. The molecule has 0 saturated carbocycles. The predicted molar refractivity (Wildman–Crippen MR) is 78.2 cm³/mol. The Morgan fingerprint density at radius 2 is 2.05 bits per heavy atom. The summed E-state index contributed by atoms with van der Waals surface area (Å²) >= 11 is 0. The highest BCUT2D eigenvalue weighted by atomic mass is 16.5. The Morgan fingerprint density at radius 3 is 2.86 bits per heavy atom. The van der Waals surface area contributed by atoms with Gasteiger partial charge in [0.15, 0.2) is 5.84 Å². The number of carbonyl (C=O) groups excluding carboxylic acids is 1. The third-order valence-electron chi connectivity index (χ3n) is 2.96. The Bertz CT molecular complexity index is 731. The minimum atomic E-state index is -0.483. The van der Waals surface area contributed by atoms with Crippen molar-refractivity contribution in [3.63, 3.8) is 0 Å². The van der Waals surface area contributed by atoms with Gasteiger partial charge < -0.3 is 4.74 Å². The van der Waals surface area contributed by atoms with Crippen molar-refractivity contribution >= 4 is 23.3 Å². The van der Waals surface area contributed by atoms with E-state index in [2.05, 4.69) is 25.4 Å². The zero-order chi connectivity index (χ0) is 14.8. The number of carbonyl (C=O) groups is 1. The van der Waals surface area contributed by atoms with Crippen molar-refractivity contribution in [2.75, 3.05) is 6.61 Å². The second kappa shape index (κ2) is 5.35. The highest BCUT2D eigenvalue weighted by Crippen LogP contribution is 2.24. The number of nitrogens with zero attached hydrogens (tertiary/aromatic N) is 5. The molecule has 21 heavy (non-hydrogen) atoms. The molecule has 0 bridgehead atoms. The topological polar surface area (TPSA) is 88.1 Å². The van der Waals surface area contributed by atoms with Crippen LogP contribution in [0.15, 0.2) is 43.6 Å². The van der Waals surface area contributed by atoms with E-state index in [1.807, 2.05) is 32.0 Å². The smallest absolute Gasteiger partial charge is 0.303 e. The maximum Gasteiger partial charge on any atom is 0.303 e. The number of ether oxygens (including phenoxy) is 1. The molecular weight excluding hydrogens is 270 g/mol. The van der Waals surface area contributed by atoms with E-state index in [0.29, 0.717) is 17.9 Å². The van der Waals surface area contributed by atoms with Crippen molar-refractivity contribution in [1.29, 1.82) is 0 Å². The van der Waals surface area contributed by atoms with Gasteiger partial charge in [-0.3, -0.25) is 4.79 Å². The van der Waals surface area contributed by atoms with Gasteiger partial charge in [-0.05, 0) is 30.7 Å². The Labute approximate surface area is 121 Å². The highest BCUT2D eigenvalue weighted by molar-refractivity contribution is 6.69. The maximum atomic E-state index is 11.9. The Morgan fingerprint density at radius 1 is 1.19 bits per heavy atom. The molecule has 0 atom stereocenters. The number of aryl methyl sites for hydroxylation is 1. The van der Waals surface area contributed by atoms with E-state index in [-0.39, 0.29) is 17.4 Å². The van der Waals surface area contributed by atoms with Gasteiger partial charge in [-0.15, -0.1) is 10.2 Å². The van der Waals surface area contributed by atoms with Gasteiger partial charge in [0.05, 0.1) is 12.2 Å². The lowest BCUT2D eigenvalue weighted by Crippen LogP contribution is -2.26. The molecular formula is C14H13N5O2. The molecule has 7 heteroatoms. The van der Waals surface area contributed by atoms with Crippen molar-refractivity contribution in [1.82, 2.24) is 0 Å². The van der Waals surface area contributed by atoms with E-state index >= 15 is 0 Å². The van der Waals surface area contributed by atoms with Crippen LogP contribution in [-0.2, 0) is 4.79 Å². The largest absolute Gasteiger partial charge is 0.493 e. The molecule has 3 rings (SSSR count). The van der Waals surface area contributed by atoms with Crippen LogP contribution in [0.5, 0.6) is 5.75 Å². The molecule has 2 aliphatic rings. The van der Waals surface area contributed by atoms with Gasteiger partial charge in [0.1, 0.15) is 5.75 Å². The maximum absolute atomic E-state index is 11.9. The van der Waals surface area contributed by atoms with Gasteiger partial charge in [0.2, 0.25) is 11.5 Å². The summed E-state index contributed by atoms with van der Waals surface area (Å²) in [5.74, 6) is 0.647. The van der Waals surface area contributed by atoms with Crippen molar-refractivity contribution < 1.29 is 9.53 Å². The monoisotopic (exact) mass is 283 g/mol. The molecule has 0 aromatic heterocycles. The molecule has 0 unspecified atom stereocenters. The van der Waals surface area contributed by atoms with Crippen molar-refractivity contribution in [2.24, 2.45) is 25.4 Å². The van der Waals surface area contributed by atoms with E-state index in [1.54, 1.807) is 0 Å². The summed E-state index contributed by atoms with van der Waals surface area (Å²) in [5, 5.41) is 10.8. The third kappa shape index (κ3) is 2.49.